The molecule has 0 amide bonds. The van der Waals surface area contributed by atoms with Gasteiger partial charge >= 0.3 is 13.9 Å². The number of carbonyl (C=O) groups is 1. The van der Waals surface area contributed by atoms with E-state index in [0.29, 0.717) is 0 Å². The van der Waals surface area contributed by atoms with Crippen LogP contribution in [0.1, 0.15) is 27.2 Å². The second-order valence-electron chi connectivity index (χ2n) is 3.85. The summed E-state index contributed by atoms with van der Waals surface area (Å²) in [4.78, 5) is 11.3. The lowest BCUT2D eigenvalue weighted by Gasteiger charge is -2.19. The molecule has 6 heteroatoms. The number of hydrogen-bond acceptors (Lipinski definition) is 4. The second kappa shape index (κ2) is 3.52. The molecule has 15 heavy (non-hydrogen) atoms. The van der Waals surface area contributed by atoms with Crippen LogP contribution in [0.15, 0.2) is 10.3 Å². The standard InChI is InChI=1S/C9H13BrO4P/c1-4-9(3)7(10)5-15(14-9)12-6(2)8(11)13-15/h5-6H,4H2,1-3H3/q+1. The monoisotopic (exact) mass is 295 g/mol. The zero-order valence-electron chi connectivity index (χ0n) is 8.82. The van der Waals surface area contributed by atoms with E-state index in [1.54, 1.807) is 12.7 Å². The summed E-state index contributed by atoms with van der Waals surface area (Å²) in [6.07, 6.45) is 0.260. The average Bonchev–Trinajstić information content (AvgIpc) is 2.53. The first-order valence-corrected chi connectivity index (χ1v) is 7.21. The zero-order chi connectivity index (χ0) is 11.3. The van der Waals surface area contributed by atoms with Gasteiger partial charge in [-0.05, 0) is 36.2 Å². The van der Waals surface area contributed by atoms with Crippen LogP contribution in [0.5, 0.6) is 0 Å². The van der Waals surface area contributed by atoms with Crippen LogP contribution in [0.3, 0.4) is 0 Å². The van der Waals surface area contributed by atoms with E-state index < -0.39 is 19.6 Å². The summed E-state index contributed by atoms with van der Waals surface area (Å²) in [7, 11) is -2.56. The van der Waals surface area contributed by atoms with E-state index in [4.69, 9.17) is 13.6 Å². The molecule has 3 unspecified atom stereocenters. The van der Waals surface area contributed by atoms with E-state index in [1.165, 1.54) is 0 Å². The Balaban J connectivity index is 2.26. The van der Waals surface area contributed by atoms with Crippen LogP contribution in [0, 0.1) is 0 Å². The summed E-state index contributed by atoms with van der Waals surface area (Å²) >= 11 is 3.44. The van der Waals surface area contributed by atoms with E-state index in [2.05, 4.69) is 15.9 Å². The summed E-state index contributed by atoms with van der Waals surface area (Å²) in [5, 5.41) is 0. The summed E-state index contributed by atoms with van der Waals surface area (Å²) in [5.41, 5.74) is -0.432. The van der Waals surface area contributed by atoms with Crippen LogP contribution < -0.4 is 0 Å². The molecule has 0 aliphatic carbocycles. The number of carbonyl (C=O) groups excluding carboxylic acids is 1. The molecule has 0 aromatic heterocycles. The number of rotatable bonds is 1. The van der Waals surface area contributed by atoms with Crippen LogP contribution in [-0.2, 0) is 18.4 Å². The molecule has 4 nitrogen and oxygen atoms in total. The maximum Gasteiger partial charge on any atom is 0.492 e. The van der Waals surface area contributed by atoms with Crippen molar-refractivity contribution in [3.63, 3.8) is 0 Å². The number of hydrogen-bond donors (Lipinski definition) is 0. The molecule has 1 saturated heterocycles. The van der Waals surface area contributed by atoms with Crippen LogP contribution in [0.25, 0.3) is 0 Å². The molecule has 0 bridgehead atoms. The SMILES string of the molecule is CCC1(C)O[P+]2(C=C1Br)OC(=O)C(C)O2. The van der Waals surface area contributed by atoms with Gasteiger partial charge in [0.25, 0.3) is 0 Å². The Bertz CT molecular complexity index is 345. The first-order chi connectivity index (χ1) is 6.91. The minimum Gasteiger partial charge on any atom is -0.244 e. The van der Waals surface area contributed by atoms with E-state index in [-0.39, 0.29) is 5.97 Å². The Labute approximate surface area is 97.7 Å². The molecular weight excluding hydrogens is 283 g/mol. The third-order valence-corrected chi connectivity index (χ3v) is 6.33. The van der Waals surface area contributed by atoms with Crippen molar-refractivity contribution in [3.05, 3.63) is 10.3 Å². The van der Waals surface area contributed by atoms with Gasteiger partial charge in [0.05, 0.1) is 4.48 Å². The van der Waals surface area contributed by atoms with Crippen LogP contribution in [-0.4, -0.2) is 17.7 Å². The highest BCUT2D eigenvalue weighted by Gasteiger charge is 2.65. The molecule has 2 heterocycles. The van der Waals surface area contributed by atoms with Gasteiger partial charge in [0.1, 0.15) is 0 Å². The fourth-order valence-electron chi connectivity index (χ4n) is 1.44. The fourth-order valence-corrected chi connectivity index (χ4v) is 5.24. The molecule has 0 aromatic carbocycles. The zero-order valence-corrected chi connectivity index (χ0v) is 11.3. The molecule has 0 radical (unpaired) electrons. The molecule has 2 rings (SSSR count). The summed E-state index contributed by atoms with van der Waals surface area (Å²) in [6.45, 7) is 5.63. The third kappa shape index (κ3) is 1.76. The molecule has 0 aromatic rings. The van der Waals surface area contributed by atoms with E-state index in [1.807, 2.05) is 13.8 Å². The highest BCUT2D eigenvalue weighted by Crippen LogP contribution is 2.75. The molecule has 1 fully saturated rings. The quantitative estimate of drug-likeness (QED) is 0.697. The van der Waals surface area contributed by atoms with Gasteiger partial charge in [-0.1, -0.05) is 6.92 Å². The van der Waals surface area contributed by atoms with Crippen molar-refractivity contribution in [1.29, 1.82) is 0 Å². The van der Waals surface area contributed by atoms with Gasteiger partial charge in [-0.2, -0.15) is 9.05 Å². The molecule has 84 valence electrons. The molecule has 2 aliphatic rings. The number of halogens is 1. The minimum atomic E-state index is -2.56. The molecule has 3 atom stereocenters. The van der Waals surface area contributed by atoms with Crippen molar-refractivity contribution < 1.29 is 18.4 Å². The summed E-state index contributed by atoms with van der Waals surface area (Å²) in [5.74, 6) is 1.43. The lowest BCUT2D eigenvalue weighted by molar-refractivity contribution is -0.135. The predicted molar refractivity (Wildman–Crippen MR) is 60.4 cm³/mol. The first-order valence-electron chi connectivity index (χ1n) is 4.81. The Morgan fingerprint density at radius 2 is 2.33 bits per heavy atom. The second-order valence-corrected chi connectivity index (χ2v) is 6.62. The Kier molecular flexibility index (Phi) is 2.70. The van der Waals surface area contributed by atoms with E-state index in [0.717, 1.165) is 10.9 Å². The van der Waals surface area contributed by atoms with E-state index in [9.17, 15) is 4.79 Å². The van der Waals surface area contributed by atoms with Crippen molar-refractivity contribution in [2.45, 2.75) is 38.9 Å². The average molecular weight is 296 g/mol. The van der Waals surface area contributed by atoms with Gasteiger partial charge in [0.15, 0.2) is 11.4 Å². The van der Waals surface area contributed by atoms with Crippen molar-refractivity contribution in [3.8, 4) is 0 Å². The highest BCUT2D eigenvalue weighted by atomic mass is 79.9. The van der Waals surface area contributed by atoms with Gasteiger partial charge < -0.3 is 0 Å². The lowest BCUT2D eigenvalue weighted by Crippen LogP contribution is -2.23. The summed E-state index contributed by atoms with van der Waals surface area (Å²) < 4.78 is 17.4. The van der Waals surface area contributed by atoms with Crippen molar-refractivity contribution in [1.82, 2.24) is 0 Å². The minimum absolute atomic E-state index is 0.347. The molecule has 2 aliphatic heterocycles. The smallest absolute Gasteiger partial charge is 0.244 e. The van der Waals surface area contributed by atoms with Gasteiger partial charge in [-0.25, -0.2) is 9.32 Å². The van der Waals surface area contributed by atoms with Gasteiger partial charge in [-0.15, -0.1) is 0 Å². The Hall–Kier alpha value is 0.0400. The molecule has 0 saturated carbocycles. The largest absolute Gasteiger partial charge is 0.492 e. The molecule has 0 N–H and O–H groups in total. The highest BCUT2D eigenvalue weighted by molar-refractivity contribution is 9.11. The van der Waals surface area contributed by atoms with Crippen LogP contribution in [0.2, 0.25) is 0 Å². The maximum absolute atomic E-state index is 11.3. The van der Waals surface area contributed by atoms with E-state index >= 15 is 0 Å². The van der Waals surface area contributed by atoms with Crippen LogP contribution in [0.4, 0.5) is 0 Å². The van der Waals surface area contributed by atoms with Gasteiger partial charge in [0.2, 0.25) is 6.10 Å². The van der Waals surface area contributed by atoms with Gasteiger partial charge in [-0.3, -0.25) is 0 Å². The molecule has 1 spiro atoms. The van der Waals surface area contributed by atoms with Gasteiger partial charge in [0, 0.05) is 0 Å². The first kappa shape index (κ1) is 11.5. The third-order valence-electron chi connectivity index (χ3n) is 2.63. The maximum atomic E-state index is 11.3. The molecular formula is C9H13BrO4P+. The lowest BCUT2D eigenvalue weighted by atomic mass is 10.1. The topological polar surface area (TPSA) is 44.8 Å². The normalized spacial score (nSPS) is 44.7. The van der Waals surface area contributed by atoms with Crippen LogP contribution >= 0.6 is 23.9 Å². The summed E-state index contributed by atoms with van der Waals surface area (Å²) in [6, 6.07) is 0. The van der Waals surface area contributed by atoms with Crippen molar-refractivity contribution >= 4 is 29.8 Å². The predicted octanol–water partition coefficient (Wildman–Crippen LogP) is 3.15. The Morgan fingerprint density at radius 1 is 1.67 bits per heavy atom. The van der Waals surface area contributed by atoms with Crippen molar-refractivity contribution in [2.24, 2.45) is 0 Å². The fraction of sp³-hybridized carbons (Fsp3) is 0.667. The Morgan fingerprint density at radius 3 is 2.73 bits per heavy atom. The van der Waals surface area contributed by atoms with Crippen molar-refractivity contribution in [2.75, 3.05) is 0 Å².